The molecule has 10 heteroatoms. The molecule has 0 unspecified atom stereocenters. The van der Waals surface area contributed by atoms with E-state index in [1.165, 1.54) is 14.2 Å². The molecule has 1 aromatic heterocycles. The molecule has 0 saturated heterocycles. The van der Waals surface area contributed by atoms with Gasteiger partial charge in [0.2, 0.25) is 0 Å². The SMILES string of the molecule is COCCOC(=O)C1=C(C)NC(C)=C(C(=O)OCCOC)C1c1cn(-c2ccccc2)nc1-c1ccc(OCC(C)C)cc1. The van der Waals surface area contributed by atoms with Gasteiger partial charge in [-0.15, -0.1) is 0 Å². The zero-order valence-electron chi connectivity index (χ0n) is 26.2. The van der Waals surface area contributed by atoms with Crippen LogP contribution in [0.1, 0.15) is 39.2 Å². The highest BCUT2D eigenvalue weighted by Crippen LogP contribution is 2.43. The summed E-state index contributed by atoms with van der Waals surface area (Å²) in [5.41, 5.74) is 4.56. The van der Waals surface area contributed by atoms with Crippen molar-refractivity contribution in [1.29, 1.82) is 0 Å². The number of aromatic nitrogens is 2. The van der Waals surface area contributed by atoms with Gasteiger partial charge in [-0.1, -0.05) is 32.0 Å². The zero-order chi connectivity index (χ0) is 31.6. The first-order valence-electron chi connectivity index (χ1n) is 14.6. The smallest absolute Gasteiger partial charge is 0.336 e. The Morgan fingerprint density at radius 1 is 0.841 bits per heavy atom. The molecule has 1 aliphatic heterocycles. The minimum Gasteiger partial charge on any atom is -0.493 e. The maximum Gasteiger partial charge on any atom is 0.336 e. The molecule has 0 aliphatic carbocycles. The van der Waals surface area contributed by atoms with Crippen molar-refractivity contribution in [3.8, 4) is 22.7 Å². The van der Waals surface area contributed by atoms with Gasteiger partial charge >= 0.3 is 11.9 Å². The molecule has 2 aromatic carbocycles. The number of dihydropyridines is 1. The van der Waals surface area contributed by atoms with E-state index in [0.717, 1.165) is 17.0 Å². The van der Waals surface area contributed by atoms with Crippen LogP contribution < -0.4 is 10.1 Å². The Hall–Kier alpha value is -4.41. The van der Waals surface area contributed by atoms with E-state index in [9.17, 15) is 9.59 Å². The van der Waals surface area contributed by atoms with E-state index in [2.05, 4.69) is 19.2 Å². The Labute approximate surface area is 258 Å². The molecular weight excluding hydrogens is 562 g/mol. The van der Waals surface area contributed by atoms with Gasteiger partial charge < -0.3 is 29.0 Å². The largest absolute Gasteiger partial charge is 0.493 e. The van der Waals surface area contributed by atoms with E-state index < -0.39 is 17.9 Å². The van der Waals surface area contributed by atoms with Crippen molar-refractivity contribution in [1.82, 2.24) is 15.1 Å². The van der Waals surface area contributed by atoms with Crippen molar-refractivity contribution >= 4 is 11.9 Å². The van der Waals surface area contributed by atoms with Gasteiger partial charge in [0.25, 0.3) is 0 Å². The topological polar surface area (TPSA) is 110 Å². The Morgan fingerprint density at radius 3 is 1.93 bits per heavy atom. The minimum absolute atomic E-state index is 0.0587. The summed E-state index contributed by atoms with van der Waals surface area (Å²) >= 11 is 0. The first-order valence-corrected chi connectivity index (χ1v) is 14.6. The molecule has 234 valence electrons. The van der Waals surface area contributed by atoms with Crippen LogP contribution in [-0.2, 0) is 28.5 Å². The third-order valence-corrected chi connectivity index (χ3v) is 7.03. The number of carbonyl (C=O) groups excluding carboxylic acids is 2. The van der Waals surface area contributed by atoms with E-state index in [1.807, 2.05) is 60.8 Å². The van der Waals surface area contributed by atoms with Crippen LogP contribution in [0.2, 0.25) is 0 Å². The van der Waals surface area contributed by atoms with E-state index in [0.29, 0.717) is 35.2 Å². The molecule has 0 radical (unpaired) electrons. The van der Waals surface area contributed by atoms with Gasteiger partial charge in [0, 0.05) is 42.9 Å². The molecule has 0 spiro atoms. The van der Waals surface area contributed by atoms with E-state index in [-0.39, 0.29) is 37.6 Å². The fourth-order valence-corrected chi connectivity index (χ4v) is 4.94. The second-order valence-electron chi connectivity index (χ2n) is 10.8. The fraction of sp³-hybridized carbons (Fsp3) is 0.382. The van der Waals surface area contributed by atoms with Crippen LogP contribution in [0, 0.1) is 5.92 Å². The first-order chi connectivity index (χ1) is 21.2. The molecular formula is C34H41N3O7. The van der Waals surface area contributed by atoms with Crippen molar-refractivity contribution in [2.24, 2.45) is 5.92 Å². The predicted octanol–water partition coefficient (Wildman–Crippen LogP) is 5.19. The molecule has 1 aliphatic rings. The Morgan fingerprint density at radius 2 is 1.41 bits per heavy atom. The lowest BCUT2D eigenvalue weighted by molar-refractivity contribution is -0.141. The molecule has 10 nitrogen and oxygen atoms in total. The second-order valence-corrected chi connectivity index (χ2v) is 10.8. The lowest BCUT2D eigenvalue weighted by Crippen LogP contribution is -2.33. The van der Waals surface area contributed by atoms with Crippen molar-refractivity contribution < 1.29 is 33.3 Å². The second kappa shape index (κ2) is 15.4. The van der Waals surface area contributed by atoms with E-state index >= 15 is 0 Å². The van der Waals surface area contributed by atoms with Crippen molar-refractivity contribution in [2.75, 3.05) is 47.3 Å². The number of hydrogen-bond acceptors (Lipinski definition) is 9. The number of allylic oxidation sites excluding steroid dienone is 2. The van der Waals surface area contributed by atoms with Gasteiger partial charge in [-0.3, -0.25) is 0 Å². The number of ether oxygens (including phenoxy) is 5. The molecule has 0 bridgehead atoms. The molecule has 0 fully saturated rings. The average Bonchev–Trinajstić information content (AvgIpc) is 3.46. The first kappa shape index (κ1) is 32.5. The van der Waals surface area contributed by atoms with Gasteiger partial charge in [-0.25, -0.2) is 14.3 Å². The number of hydrogen-bond donors (Lipinski definition) is 1. The monoisotopic (exact) mass is 603 g/mol. The van der Waals surface area contributed by atoms with Crippen molar-refractivity contribution in [2.45, 2.75) is 33.6 Å². The average molecular weight is 604 g/mol. The van der Waals surface area contributed by atoms with Crippen LogP contribution in [-0.4, -0.2) is 69.0 Å². The maximum absolute atomic E-state index is 13.7. The number of rotatable bonds is 14. The molecule has 3 aromatic rings. The zero-order valence-corrected chi connectivity index (χ0v) is 26.2. The molecule has 0 atom stereocenters. The highest BCUT2D eigenvalue weighted by molar-refractivity contribution is 6.00. The van der Waals surface area contributed by atoms with Crippen LogP contribution in [0.4, 0.5) is 0 Å². The summed E-state index contributed by atoms with van der Waals surface area (Å²) in [4.78, 5) is 27.4. The molecule has 0 amide bonds. The van der Waals surface area contributed by atoms with Gasteiger partial charge in [-0.05, 0) is 56.2 Å². The van der Waals surface area contributed by atoms with E-state index in [1.54, 1.807) is 18.5 Å². The highest BCUT2D eigenvalue weighted by atomic mass is 16.6. The third-order valence-electron chi connectivity index (χ3n) is 7.03. The molecule has 0 saturated carbocycles. The van der Waals surface area contributed by atoms with Crippen molar-refractivity contribution in [3.63, 3.8) is 0 Å². The normalized spacial score (nSPS) is 13.7. The van der Waals surface area contributed by atoms with Crippen LogP contribution in [0.3, 0.4) is 0 Å². The van der Waals surface area contributed by atoms with Crippen LogP contribution in [0.15, 0.2) is 83.3 Å². The number of nitrogens with zero attached hydrogens (tertiary/aromatic N) is 2. The molecule has 4 rings (SSSR count). The van der Waals surface area contributed by atoms with Gasteiger partial charge in [-0.2, -0.15) is 5.10 Å². The number of benzene rings is 2. The van der Waals surface area contributed by atoms with Gasteiger partial charge in [0.15, 0.2) is 0 Å². The lowest BCUT2D eigenvalue weighted by Gasteiger charge is -2.30. The Kier molecular flexibility index (Phi) is 11.3. The van der Waals surface area contributed by atoms with Crippen LogP contribution >= 0.6 is 0 Å². The number of nitrogens with one attached hydrogen (secondary N) is 1. The van der Waals surface area contributed by atoms with Gasteiger partial charge in [0.05, 0.1) is 48.3 Å². The maximum atomic E-state index is 13.7. The summed E-state index contributed by atoms with van der Waals surface area (Å²) in [6.07, 6.45) is 1.86. The van der Waals surface area contributed by atoms with Crippen LogP contribution in [0.25, 0.3) is 16.9 Å². The lowest BCUT2D eigenvalue weighted by atomic mass is 9.79. The summed E-state index contributed by atoms with van der Waals surface area (Å²) in [5.74, 6) is -0.850. The predicted molar refractivity (Wildman–Crippen MR) is 166 cm³/mol. The highest BCUT2D eigenvalue weighted by Gasteiger charge is 2.40. The summed E-state index contributed by atoms with van der Waals surface area (Å²) in [6.45, 7) is 8.95. The fourth-order valence-electron chi connectivity index (χ4n) is 4.94. The molecule has 1 N–H and O–H groups in total. The quantitative estimate of drug-likeness (QED) is 0.197. The standard InChI is InChI=1S/C34H41N3O7/c1-22(2)21-44-27-14-12-25(13-15-27)32-28(20-37(36-32)26-10-8-7-9-11-26)31-29(33(38)42-18-16-40-5)23(3)35-24(4)30(31)34(39)43-19-17-41-6/h7-15,20,22,31,35H,16-19,21H2,1-6H3. The summed E-state index contributed by atoms with van der Waals surface area (Å²) in [5, 5.41) is 8.19. The number of esters is 2. The number of carbonyl (C=O) groups is 2. The molecule has 44 heavy (non-hydrogen) atoms. The summed E-state index contributed by atoms with van der Waals surface area (Å²) in [6, 6.07) is 17.3. The third kappa shape index (κ3) is 7.75. The minimum atomic E-state index is -0.842. The number of para-hydroxylation sites is 1. The Balaban J connectivity index is 1.89. The van der Waals surface area contributed by atoms with Crippen molar-refractivity contribution in [3.05, 3.63) is 88.9 Å². The number of methoxy groups -OCH3 is 2. The summed E-state index contributed by atoms with van der Waals surface area (Å²) in [7, 11) is 3.07. The van der Waals surface area contributed by atoms with E-state index in [4.69, 9.17) is 28.8 Å². The Bertz CT molecular complexity index is 1450. The summed E-state index contributed by atoms with van der Waals surface area (Å²) < 4.78 is 29.0. The van der Waals surface area contributed by atoms with Crippen LogP contribution in [0.5, 0.6) is 5.75 Å². The van der Waals surface area contributed by atoms with Gasteiger partial charge in [0.1, 0.15) is 19.0 Å². The molecule has 2 heterocycles.